The maximum Gasteiger partial charge on any atom is 0.343 e. The van der Waals surface area contributed by atoms with Crippen molar-refractivity contribution >= 4 is 23.9 Å². The zero-order chi connectivity index (χ0) is 21.7. The average molecular weight is 414 g/mol. The molecule has 0 aliphatic rings. The van der Waals surface area contributed by atoms with Gasteiger partial charge >= 0.3 is 5.97 Å². The maximum atomic E-state index is 12.4. The summed E-state index contributed by atoms with van der Waals surface area (Å²) >= 11 is 0. The number of rotatable bonds is 10. The number of ether oxygens (including phenoxy) is 2. The molecule has 4 heteroatoms. The Kier molecular flexibility index (Phi) is 8.62. The second kappa shape index (κ2) is 12.1. The molecular weight excluding hydrogens is 386 g/mol. The molecule has 0 saturated carbocycles. The molecule has 3 aromatic rings. The van der Waals surface area contributed by atoms with Crippen molar-refractivity contribution in [3.05, 3.63) is 96.1 Å². The molecule has 3 rings (SSSR count). The highest BCUT2D eigenvalue weighted by molar-refractivity contribution is 5.91. The van der Waals surface area contributed by atoms with Crippen LogP contribution < -0.4 is 9.47 Å². The first-order valence-corrected chi connectivity index (χ1v) is 10.6. The monoisotopic (exact) mass is 413 g/mol. The number of aliphatic imine (C=N–C) groups is 1. The van der Waals surface area contributed by atoms with Crippen LogP contribution in [0.3, 0.4) is 0 Å². The van der Waals surface area contributed by atoms with Crippen LogP contribution in [0.25, 0.3) is 6.08 Å². The van der Waals surface area contributed by atoms with Crippen LogP contribution in [0.15, 0.2) is 89.9 Å². The molecule has 0 saturated heterocycles. The van der Waals surface area contributed by atoms with Crippen molar-refractivity contribution in [2.24, 2.45) is 4.99 Å². The van der Waals surface area contributed by atoms with Gasteiger partial charge in [0.05, 0.1) is 17.9 Å². The standard InChI is InChI=1S/C27H27NO3/c1-2-3-7-21-30-25-16-12-23(13-17-25)27(29)31-26-18-14-24(15-19-26)28-20-8-11-22-9-5-4-6-10-22/h4-6,8-20H,2-3,7,21H2,1H3/b11-8+,28-20?. The largest absolute Gasteiger partial charge is 0.494 e. The molecule has 0 aliphatic carbocycles. The lowest BCUT2D eigenvalue weighted by Gasteiger charge is -2.07. The summed E-state index contributed by atoms with van der Waals surface area (Å²) in [5.74, 6) is 0.833. The van der Waals surface area contributed by atoms with Crippen LogP contribution in [-0.2, 0) is 0 Å². The van der Waals surface area contributed by atoms with Crippen molar-refractivity contribution in [3.63, 3.8) is 0 Å². The number of hydrogen-bond donors (Lipinski definition) is 0. The molecule has 0 N–H and O–H groups in total. The molecule has 0 amide bonds. The van der Waals surface area contributed by atoms with E-state index in [1.165, 1.54) is 0 Å². The van der Waals surface area contributed by atoms with E-state index >= 15 is 0 Å². The summed E-state index contributed by atoms with van der Waals surface area (Å²) in [6.45, 7) is 2.85. The van der Waals surface area contributed by atoms with Gasteiger partial charge in [-0.15, -0.1) is 0 Å². The smallest absolute Gasteiger partial charge is 0.343 e. The molecule has 0 fully saturated rings. The molecule has 0 aliphatic heterocycles. The molecule has 31 heavy (non-hydrogen) atoms. The van der Waals surface area contributed by atoms with Gasteiger partial charge in [-0.25, -0.2) is 4.79 Å². The Morgan fingerprint density at radius 2 is 1.58 bits per heavy atom. The SMILES string of the molecule is CCCCCOc1ccc(C(=O)Oc2ccc(N=C/C=C/c3ccccc3)cc2)cc1. The van der Waals surface area contributed by atoms with E-state index in [1.807, 2.05) is 54.6 Å². The Morgan fingerprint density at radius 3 is 2.29 bits per heavy atom. The van der Waals surface area contributed by atoms with E-state index in [1.54, 1.807) is 42.6 Å². The quantitative estimate of drug-likeness (QED) is 0.157. The van der Waals surface area contributed by atoms with Gasteiger partial charge in [0.1, 0.15) is 11.5 Å². The molecule has 3 aromatic carbocycles. The van der Waals surface area contributed by atoms with Gasteiger partial charge in [-0.2, -0.15) is 0 Å². The minimum atomic E-state index is -0.403. The van der Waals surface area contributed by atoms with Gasteiger partial charge in [-0.3, -0.25) is 4.99 Å². The van der Waals surface area contributed by atoms with Gasteiger partial charge in [0.15, 0.2) is 0 Å². The van der Waals surface area contributed by atoms with Crippen LogP contribution in [0.5, 0.6) is 11.5 Å². The predicted octanol–water partition coefficient (Wildman–Crippen LogP) is 6.89. The van der Waals surface area contributed by atoms with E-state index in [2.05, 4.69) is 11.9 Å². The van der Waals surface area contributed by atoms with Crippen molar-refractivity contribution in [1.82, 2.24) is 0 Å². The number of benzene rings is 3. The van der Waals surface area contributed by atoms with Crippen molar-refractivity contribution in [3.8, 4) is 11.5 Å². The van der Waals surface area contributed by atoms with Crippen LogP contribution in [0, 0.1) is 0 Å². The Bertz CT molecular complexity index is 991. The topological polar surface area (TPSA) is 47.9 Å². The molecule has 0 unspecified atom stereocenters. The van der Waals surface area contributed by atoms with Gasteiger partial charge in [-0.05, 0) is 66.6 Å². The highest BCUT2D eigenvalue weighted by Crippen LogP contribution is 2.20. The van der Waals surface area contributed by atoms with E-state index in [-0.39, 0.29) is 0 Å². The minimum Gasteiger partial charge on any atom is -0.494 e. The molecule has 0 bridgehead atoms. The molecule has 0 heterocycles. The van der Waals surface area contributed by atoms with Crippen LogP contribution in [-0.4, -0.2) is 18.8 Å². The molecule has 0 atom stereocenters. The third kappa shape index (κ3) is 7.59. The normalized spacial score (nSPS) is 11.1. The van der Waals surface area contributed by atoms with E-state index in [0.29, 0.717) is 17.9 Å². The second-order valence-electron chi connectivity index (χ2n) is 7.01. The molecule has 0 radical (unpaired) electrons. The molecule has 0 spiro atoms. The summed E-state index contributed by atoms with van der Waals surface area (Å²) < 4.78 is 11.1. The number of nitrogens with zero attached hydrogens (tertiary/aromatic N) is 1. The van der Waals surface area contributed by atoms with Crippen LogP contribution in [0.1, 0.15) is 42.1 Å². The number of allylic oxidation sites excluding steroid dienone is 1. The van der Waals surface area contributed by atoms with E-state index < -0.39 is 5.97 Å². The Hall–Kier alpha value is -3.66. The first-order valence-electron chi connectivity index (χ1n) is 10.6. The maximum absolute atomic E-state index is 12.4. The lowest BCUT2D eigenvalue weighted by molar-refractivity contribution is 0.0734. The van der Waals surface area contributed by atoms with E-state index in [4.69, 9.17) is 9.47 Å². The van der Waals surface area contributed by atoms with Crippen LogP contribution in [0.4, 0.5) is 5.69 Å². The molecule has 4 nitrogen and oxygen atoms in total. The fourth-order valence-electron chi connectivity index (χ4n) is 2.84. The van der Waals surface area contributed by atoms with E-state index in [0.717, 1.165) is 36.3 Å². The van der Waals surface area contributed by atoms with Crippen molar-refractivity contribution < 1.29 is 14.3 Å². The second-order valence-corrected chi connectivity index (χ2v) is 7.01. The van der Waals surface area contributed by atoms with Gasteiger partial charge in [0.25, 0.3) is 0 Å². The Morgan fingerprint density at radius 1 is 0.871 bits per heavy atom. The Labute approximate surface area is 183 Å². The van der Waals surface area contributed by atoms with Gasteiger partial charge in [0, 0.05) is 6.21 Å². The number of unbranched alkanes of at least 4 members (excludes halogenated alkanes) is 2. The summed E-state index contributed by atoms with van der Waals surface area (Å²) in [6, 6.07) is 24.1. The number of hydrogen-bond acceptors (Lipinski definition) is 4. The van der Waals surface area contributed by atoms with Gasteiger partial charge in [0.2, 0.25) is 0 Å². The first kappa shape index (κ1) is 22.0. The van der Waals surface area contributed by atoms with Gasteiger partial charge in [-0.1, -0.05) is 56.2 Å². The summed E-state index contributed by atoms with van der Waals surface area (Å²) in [5, 5.41) is 0. The molecule has 0 aromatic heterocycles. The highest BCUT2D eigenvalue weighted by Gasteiger charge is 2.09. The third-order valence-corrected chi connectivity index (χ3v) is 4.55. The summed E-state index contributed by atoms with van der Waals surface area (Å²) in [5.41, 5.74) is 2.38. The molecule has 158 valence electrons. The van der Waals surface area contributed by atoms with Crippen LogP contribution in [0.2, 0.25) is 0 Å². The summed E-state index contributed by atoms with van der Waals surface area (Å²) in [4.78, 5) is 16.7. The zero-order valence-corrected chi connectivity index (χ0v) is 17.7. The predicted molar refractivity (Wildman–Crippen MR) is 126 cm³/mol. The zero-order valence-electron chi connectivity index (χ0n) is 17.7. The lowest BCUT2D eigenvalue weighted by atomic mass is 10.2. The number of esters is 1. The summed E-state index contributed by atoms with van der Waals surface area (Å²) in [6.07, 6.45) is 8.96. The number of carbonyl (C=O) groups excluding carboxylic acids is 1. The fourth-order valence-corrected chi connectivity index (χ4v) is 2.84. The Balaban J connectivity index is 1.49. The van der Waals surface area contributed by atoms with Crippen molar-refractivity contribution in [2.75, 3.05) is 6.61 Å². The fraction of sp³-hybridized carbons (Fsp3) is 0.185. The van der Waals surface area contributed by atoms with Crippen molar-refractivity contribution in [2.45, 2.75) is 26.2 Å². The summed E-state index contributed by atoms with van der Waals surface area (Å²) in [7, 11) is 0. The minimum absolute atomic E-state index is 0.403. The first-order chi connectivity index (χ1) is 15.2. The highest BCUT2D eigenvalue weighted by atomic mass is 16.5. The molecular formula is C27H27NO3. The van der Waals surface area contributed by atoms with Crippen LogP contribution >= 0.6 is 0 Å². The van der Waals surface area contributed by atoms with Gasteiger partial charge < -0.3 is 9.47 Å². The number of carbonyl (C=O) groups is 1. The average Bonchev–Trinajstić information content (AvgIpc) is 2.82. The lowest BCUT2D eigenvalue weighted by Crippen LogP contribution is -2.08. The van der Waals surface area contributed by atoms with Crippen molar-refractivity contribution in [1.29, 1.82) is 0 Å². The third-order valence-electron chi connectivity index (χ3n) is 4.55. The van der Waals surface area contributed by atoms with E-state index in [9.17, 15) is 4.79 Å².